The minimum Gasteiger partial charge on any atom is -0.466 e. The van der Waals surface area contributed by atoms with Crippen molar-refractivity contribution < 1.29 is 28.3 Å². The van der Waals surface area contributed by atoms with Crippen LogP contribution in [0.25, 0.3) is 0 Å². The van der Waals surface area contributed by atoms with Gasteiger partial charge in [-0.25, -0.2) is 0 Å². The summed E-state index contributed by atoms with van der Waals surface area (Å²) in [6.45, 7) is 3.96. The first-order chi connectivity index (χ1) is 14.9. The molecule has 3 heterocycles. The first-order valence-electron chi connectivity index (χ1n) is 10.9. The average molecular weight is 434 g/mol. The van der Waals surface area contributed by atoms with E-state index in [9.17, 15) is 19.2 Å². The highest BCUT2D eigenvalue weighted by Crippen LogP contribution is 2.22. The summed E-state index contributed by atoms with van der Waals surface area (Å²) in [6.07, 6.45) is 4.03. The predicted octanol–water partition coefficient (Wildman–Crippen LogP) is 1.39. The zero-order chi connectivity index (χ0) is 22.4. The van der Waals surface area contributed by atoms with Gasteiger partial charge in [-0.3, -0.25) is 19.2 Å². The summed E-state index contributed by atoms with van der Waals surface area (Å²) in [5.41, 5.74) is 0. The second-order valence-corrected chi connectivity index (χ2v) is 8.17. The number of carbonyl (C=O) groups is 4. The van der Waals surface area contributed by atoms with Crippen molar-refractivity contribution in [3.8, 4) is 0 Å². The number of likely N-dealkylation sites (tertiary alicyclic amines) is 2. The highest BCUT2D eigenvalue weighted by Gasteiger charge is 2.33. The van der Waals surface area contributed by atoms with Crippen molar-refractivity contribution in [2.75, 3.05) is 46.4 Å². The largest absolute Gasteiger partial charge is 0.466 e. The topological polar surface area (TPSA) is 100 Å². The molecule has 1 atom stereocenters. The van der Waals surface area contributed by atoms with E-state index < -0.39 is 0 Å². The molecule has 1 unspecified atom stereocenters. The Morgan fingerprint density at radius 3 is 2.48 bits per heavy atom. The van der Waals surface area contributed by atoms with Crippen molar-refractivity contribution in [2.45, 2.75) is 32.6 Å². The van der Waals surface area contributed by atoms with Crippen LogP contribution >= 0.6 is 0 Å². The molecular weight excluding hydrogens is 402 g/mol. The third-order valence-electron chi connectivity index (χ3n) is 6.01. The zero-order valence-corrected chi connectivity index (χ0v) is 18.2. The number of likely N-dealkylation sites (N-methyl/N-ethyl adjacent to an activating group) is 1. The molecule has 170 valence electrons. The van der Waals surface area contributed by atoms with Gasteiger partial charge in [0.05, 0.1) is 25.3 Å². The molecule has 0 radical (unpaired) electrons. The molecule has 31 heavy (non-hydrogen) atoms. The van der Waals surface area contributed by atoms with Gasteiger partial charge in [-0.1, -0.05) is 0 Å². The molecule has 9 heteroatoms. The van der Waals surface area contributed by atoms with E-state index in [1.165, 1.54) is 11.2 Å². The molecule has 1 aromatic heterocycles. The summed E-state index contributed by atoms with van der Waals surface area (Å²) >= 11 is 0. The van der Waals surface area contributed by atoms with E-state index in [0.717, 1.165) is 6.42 Å². The van der Waals surface area contributed by atoms with Gasteiger partial charge >= 0.3 is 5.97 Å². The van der Waals surface area contributed by atoms with Crippen LogP contribution < -0.4 is 0 Å². The Hall–Kier alpha value is -2.84. The average Bonchev–Trinajstić information content (AvgIpc) is 3.33. The third kappa shape index (κ3) is 5.65. The van der Waals surface area contributed by atoms with Crippen molar-refractivity contribution in [3.63, 3.8) is 0 Å². The van der Waals surface area contributed by atoms with Crippen LogP contribution in [0.3, 0.4) is 0 Å². The Morgan fingerprint density at radius 1 is 1.10 bits per heavy atom. The molecule has 3 amide bonds. The number of rotatable bonds is 6. The first kappa shape index (κ1) is 22.8. The van der Waals surface area contributed by atoms with Gasteiger partial charge in [-0.2, -0.15) is 0 Å². The van der Waals surface area contributed by atoms with Crippen LogP contribution in [0.15, 0.2) is 22.8 Å². The maximum atomic E-state index is 12.8. The number of hydrogen-bond donors (Lipinski definition) is 0. The van der Waals surface area contributed by atoms with E-state index in [1.807, 2.05) is 0 Å². The molecule has 2 aliphatic rings. The number of ether oxygens (including phenoxy) is 1. The van der Waals surface area contributed by atoms with Gasteiger partial charge in [-0.15, -0.1) is 0 Å². The number of amides is 3. The minimum absolute atomic E-state index is 0.0140. The van der Waals surface area contributed by atoms with Crippen molar-refractivity contribution in [2.24, 2.45) is 11.8 Å². The molecule has 0 N–H and O–H groups in total. The molecule has 2 aliphatic heterocycles. The molecular formula is C22H31N3O6. The van der Waals surface area contributed by atoms with Gasteiger partial charge in [-0.05, 0) is 44.7 Å². The quantitative estimate of drug-likeness (QED) is 0.629. The number of nitrogens with zero attached hydrogens (tertiary/aromatic N) is 3. The fraction of sp³-hybridized carbons (Fsp3) is 0.636. The SMILES string of the molecule is CCOC(=O)C1CCCN(C(=O)CN(C)C(=O)C2CCN(C(=O)c3ccco3)CC2)C1. The summed E-state index contributed by atoms with van der Waals surface area (Å²) < 4.78 is 10.2. The monoisotopic (exact) mass is 433 g/mol. The summed E-state index contributed by atoms with van der Waals surface area (Å²) in [5.74, 6) is -0.884. The lowest BCUT2D eigenvalue weighted by Crippen LogP contribution is -2.49. The molecule has 3 rings (SSSR count). The van der Waals surface area contributed by atoms with Gasteiger partial charge in [0.25, 0.3) is 5.91 Å². The Labute approximate surface area is 182 Å². The van der Waals surface area contributed by atoms with Gasteiger partial charge in [0.2, 0.25) is 11.8 Å². The smallest absolute Gasteiger partial charge is 0.310 e. The summed E-state index contributed by atoms with van der Waals surface area (Å²) in [6, 6.07) is 3.30. The first-order valence-corrected chi connectivity index (χ1v) is 10.9. The molecule has 2 fully saturated rings. The summed E-state index contributed by atoms with van der Waals surface area (Å²) in [5, 5.41) is 0. The van der Waals surface area contributed by atoms with Gasteiger partial charge in [0, 0.05) is 39.1 Å². The summed E-state index contributed by atoms with van der Waals surface area (Å²) in [7, 11) is 1.63. The Kier molecular flexibility index (Phi) is 7.70. The molecule has 1 aromatic rings. The Balaban J connectivity index is 1.46. The minimum atomic E-state index is -0.297. The molecule has 2 saturated heterocycles. The number of hydrogen-bond acceptors (Lipinski definition) is 6. The normalized spacial score (nSPS) is 19.7. The lowest BCUT2D eigenvalue weighted by atomic mass is 9.95. The van der Waals surface area contributed by atoms with E-state index in [1.54, 1.807) is 35.9 Å². The van der Waals surface area contributed by atoms with Gasteiger partial charge in [0.1, 0.15) is 0 Å². The van der Waals surface area contributed by atoms with Crippen LogP contribution in [0.2, 0.25) is 0 Å². The lowest BCUT2D eigenvalue weighted by Gasteiger charge is -2.34. The molecule has 9 nitrogen and oxygen atoms in total. The van der Waals surface area contributed by atoms with Gasteiger partial charge < -0.3 is 23.9 Å². The van der Waals surface area contributed by atoms with E-state index >= 15 is 0 Å². The predicted molar refractivity (Wildman–Crippen MR) is 111 cm³/mol. The summed E-state index contributed by atoms with van der Waals surface area (Å²) in [4.78, 5) is 54.7. The van der Waals surface area contributed by atoms with Gasteiger partial charge in [0.15, 0.2) is 5.76 Å². The van der Waals surface area contributed by atoms with E-state index in [4.69, 9.17) is 9.15 Å². The van der Waals surface area contributed by atoms with Crippen molar-refractivity contribution in [3.05, 3.63) is 24.2 Å². The van der Waals surface area contributed by atoms with Crippen LogP contribution in [0, 0.1) is 11.8 Å². The van der Waals surface area contributed by atoms with E-state index in [-0.39, 0.29) is 42.1 Å². The molecule has 0 saturated carbocycles. The lowest BCUT2D eigenvalue weighted by molar-refractivity contribution is -0.152. The number of furan rings is 1. The van der Waals surface area contributed by atoms with Crippen LogP contribution in [0.1, 0.15) is 43.2 Å². The van der Waals surface area contributed by atoms with Crippen molar-refractivity contribution >= 4 is 23.7 Å². The zero-order valence-electron chi connectivity index (χ0n) is 18.2. The Morgan fingerprint density at radius 2 is 1.84 bits per heavy atom. The second kappa shape index (κ2) is 10.5. The fourth-order valence-corrected chi connectivity index (χ4v) is 4.23. The standard InChI is InChI=1S/C22H31N3O6/c1-3-30-22(29)17-6-4-10-25(14-17)19(26)15-23(2)20(27)16-8-11-24(12-9-16)21(28)18-7-5-13-31-18/h5,7,13,16-17H,3-4,6,8-12,14-15H2,1-2H3. The fourth-order valence-electron chi connectivity index (χ4n) is 4.23. The number of esters is 1. The van der Waals surface area contributed by atoms with Crippen LogP contribution in [0.5, 0.6) is 0 Å². The molecule has 0 spiro atoms. The molecule has 0 aliphatic carbocycles. The second-order valence-electron chi connectivity index (χ2n) is 8.17. The molecule has 0 bridgehead atoms. The molecule has 0 aromatic carbocycles. The highest BCUT2D eigenvalue weighted by atomic mass is 16.5. The van der Waals surface area contributed by atoms with Crippen LogP contribution in [-0.2, 0) is 19.1 Å². The maximum absolute atomic E-state index is 12.8. The Bertz CT molecular complexity index is 785. The number of carbonyl (C=O) groups excluding carboxylic acids is 4. The van der Waals surface area contributed by atoms with E-state index in [0.29, 0.717) is 57.8 Å². The van der Waals surface area contributed by atoms with E-state index in [2.05, 4.69) is 0 Å². The van der Waals surface area contributed by atoms with Crippen molar-refractivity contribution in [1.29, 1.82) is 0 Å². The van der Waals surface area contributed by atoms with Crippen LogP contribution in [0.4, 0.5) is 0 Å². The highest BCUT2D eigenvalue weighted by molar-refractivity contribution is 5.92. The number of piperidine rings is 2. The third-order valence-corrected chi connectivity index (χ3v) is 6.01. The van der Waals surface area contributed by atoms with Crippen LogP contribution in [-0.4, -0.2) is 84.8 Å². The van der Waals surface area contributed by atoms with Crippen molar-refractivity contribution in [1.82, 2.24) is 14.7 Å². The maximum Gasteiger partial charge on any atom is 0.310 e.